The Morgan fingerprint density at radius 1 is 1.04 bits per heavy atom. The molecule has 0 radical (unpaired) electrons. The Kier molecular flexibility index (Phi) is 7.27. The lowest BCUT2D eigenvalue weighted by Gasteiger charge is -2.35. The van der Waals surface area contributed by atoms with Crippen LogP contribution in [0.5, 0.6) is 0 Å². The molecule has 25 heavy (non-hydrogen) atoms. The van der Waals surface area contributed by atoms with Gasteiger partial charge in [0.15, 0.2) is 0 Å². The number of nitrogens with one attached hydrogen (secondary N) is 1. The zero-order chi connectivity index (χ0) is 17.3. The Hall–Kier alpha value is -1.43. The van der Waals surface area contributed by atoms with Crippen LogP contribution in [-0.4, -0.2) is 68.2 Å². The summed E-state index contributed by atoms with van der Waals surface area (Å²) in [5.41, 5.74) is 1.30. The van der Waals surface area contributed by atoms with Crippen molar-refractivity contribution in [2.45, 2.75) is 31.7 Å². The molecule has 1 aromatic carbocycles. The van der Waals surface area contributed by atoms with Gasteiger partial charge in [-0.15, -0.1) is 0 Å². The van der Waals surface area contributed by atoms with Gasteiger partial charge in [0, 0.05) is 32.6 Å². The Labute approximate surface area is 151 Å². The van der Waals surface area contributed by atoms with E-state index < -0.39 is 0 Å². The summed E-state index contributed by atoms with van der Waals surface area (Å²) < 4.78 is 5.35. The number of carbonyl (C=O) groups excluding carboxylic acids is 1. The molecule has 2 heterocycles. The van der Waals surface area contributed by atoms with E-state index in [0.29, 0.717) is 13.0 Å². The molecule has 2 aliphatic rings. The van der Waals surface area contributed by atoms with Gasteiger partial charge < -0.3 is 10.1 Å². The van der Waals surface area contributed by atoms with Crippen molar-refractivity contribution in [2.24, 2.45) is 0 Å². The van der Waals surface area contributed by atoms with Gasteiger partial charge >= 0.3 is 0 Å². The van der Waals surface area contributed by atoms with Crippen LogP contribution in [0.3, 0.4) is 0 Å². The van der Waals surface area contributed by atoms with Crippen molar-refractivity contribution in [3.05, 3.63) is 35.9 Å². The van der Waals surface area contributed by atoms with Gasteiger partial charge in [-0.2, -0.15) is 0 Å². The van der Waals surface area contributed by atoms with Gasteiger partial charge in [0.05, 0.1) is 19.3 Å². The highest BCUT2D eigenvalue weighted by Crippen LogP contribution is 2.24. The largest absolute Gasteiger partial charge is 0.379 e. The predicted octanol–water partition coefficient (Wildman–Crippen LogP) is 2.05. The number of piperidine rings is 1. The molecule has 5 nitrogen and oxygen atoms in total. The molecule has 3 rings (SSSR count). The average molecular weight is 345 g/mol. The smallest absolute Gasteiger partial charge is 0.221 e. The summed E-state index contributed by atoms with van der Waals surface area (Å²) in [4.78, 5) is 17.2. The maximum atomic E-state index is 12.3. The van der Waals surface area contributed by atoms with Crippen molar-refractivity contribution in [2.75, 3.05) is 52.5 Å². The molecule has 1 aromatic rings. The van der Waals surface area contributed by atoms with Crippen molar-refractivity contribution in [3.8, 4) is 0 Å². The van der Waals surface area contributed by atoms with Gasteiger partial charge in [0.25, 0.3) is 0 Å². The number of carbonyl (C=O) groups is 1. The Morgan fingerprint density at radius 3 is 2.48 bits per heavy atom. The first-order valence-corrected chi connectivity index (χ1v) is 9.69. The van der Waals surface area contributed by atoms with Crippen LogP contribution >= 0.6 is 0 Å². The van der Waals surface area contributed by atoms with Crippen LogP contribution in [0.15, 0.2) is 30.3 Å². The fourth-order valence-corrected chi connectivity index (χ4v) is 3.75. The summed E-state index contributed by atoms with van der Waals surface area (Å²) in [5.74, 6) is 0.157. The summed E-state index contributed by atoms with van der Waals surface area (Å²) in [6.45, 7) is 7.23. The molecule has 1 atom stereocenters. The van der Waals surface area contributed by atoms with Crippen LogP contribution < -0.4 is 5.32 Å². The third-order valence-electron chi connectivity index (χ3n) is 5.27. The molecule has 0 spiro atoms. The molecule has 5 heteroatoms. The van der Waals surface area contributed by atoms with Crippen LogP contribution in [0.25, 0.3) is 0 Å². The van der Waals surface area contributed by atoms with Crippen molar-refractivity contribution >= 4 is 5.91 Å². The number of rotatable bonds is 7. The second kappa shape index (κ2) is 9.90. The Morgan fingerprint density at radius 2 is 1.76 bits per heavy atom. The minimum Gasteiger partial charge on any atom is -0.379 e. The van der Waals surface area contributed by atoms with Gasteiger partial charge in [0.1, 0.15) is 0 Å². The van der Waals surface area contributed by atoms with E-state index >= 15 is 0 Å². The monoisotopic (exact) mass is 345 g/mol. The fourth-order valence-electron chi connectivity index (χ4n) is 3.75. The zero-order valence-electron chi connectivity index (χ0n) is 15.2. The molecular weight excluding hydrogens is 314 g/mol. The second-order valence-corrected chi connectivity index (χ2v) is 7.03. The van der Waals surface area contributed by atoms with E-state index in [1.54, 1.807) is 0 Å². The van der Waals surface area contributed by atoms with E-state index in [2.05, 4.69) is 45.4 Å². The maximum absolute atomic E-state index is 12.3. The number of hydrogen-bond acceptors (Lipinski definition) is 4. The number of likely N-dealkylation sites (tertiary alicyclic amines) is 1. The summed E-state index contributed by atoms with van der Waals surface area (Å²) >= 11 is 0. The van der Waals surface area contributed by atoms with Crippen LogP contribution in [0.2, 0.25) is 0 Å². The molecule has 1 unspecified atom stereocenters. The van der Waals surface area contributed by atoms with E-state index in [9.17, 15) is 4.79 Å². The highest BCUT2D eigenvalue weighted by molar-refractivity contribution is 5.76. The Balaban J connectivity index is 1.50. The quantitative estimate of drug-likeness (QED) is 0.822. The topological polar surface area (TPSA) is 44.8 Å². The van der Waals surface area contributed by atoms with E-state index in [1.807, 2.05) is 0 Å². The molecule has 0 bridgehead atoms. The minimum absolute atomic E-state index is 0.157. The number of ether oxygens (including phenoxy) is 1. The van der Waals surface area contributed by atoms with Crippen LogP contribution in [0.4, 0.5) is 0 Å². The van der Waals surface area contributed by atoms with Gasteiger partial charge in [-0.3, -0.25) is 14.6 Å². The first-order chi connectivity index (χ1) is 12.3. The third-order valence-corrected chi connectivity index (χ3v) is 5.27. The maximum Gasteiger partial charge on any atom is 0.221 e. The minimum atomic E-state index is 0.157. The Bertz CT molecular complexity index is 511. The first kappa shape index (κ1) is 18.4. The molecule has 1 amide bonds. The zero-order valence-corrected chi connectivity index (χ0v) is 15.2. The standard InChI is InChI=1S/C20H31N3O2/c24-20(9-12-22-13-15-25-16-14-22)21-17-19(18-7-3-1-4-8-18)23-10-5-2-6-11-23/h1,3-4,7-8,19H,2,5-6,9-17H2,(H,21,24). The summed E-state index contributed by atoms with van der Waals surface area (Å²) in [5, 5.41) is 3.18. The van der Waals surface area contributed by atoms with Gasteiger partial charge in [-0.25, -0.2) is 0 Å². The van der Waals surface area contributed by atoms with Crippen molar-refractivity contribution in [3.63, 3.8) is 0 Å². The number of nitrogens with zero attached hydrogens (tertiary/aromatic N) is 2. The normalized spacial score (nSPS) is 21.0. The van der Waals surface area contributed by atoms with E-state index in [0.717, 1.165) is 45.9 Å². The predicted molar refractivity (Wildman–Crippen MR) is 99.5 cm³/mol. The van der Waals surface area contributed by atoms with E-state index in [4.69, 9.17) is 4.74 Å². The van der Waals surface area contributed by atoms with Gasteiger partial charge in [-0.1, -0.05) is 36.8 Å². The average Bonchev–Trinajstić information content (AvgIpc) is 2.69. The molecule has 2 fully saturated rings. The second-order valence-electron chi connectivity index (χ2n) is 7.03. The lowest BCUT2D eigenvalue weighted by molar-refractivity contribution is -0.122. The van der Waals surface area contributed by atoms with Gasteiger partial charge in [-0.05, 0) is 31.5 Å². The molecular formula is C20H31N3O2. The fraction of sp³-hybridized carbons (Fsp3) is 0.650. The first-order valence-electron chi connectivity index (χ1n) is 9.69. The molecule has 0 saturated carbocycles. The lowest BCUT2D eigenvalue weighted by Crippen LogP contribution is -2.42. The summed E-state index contributed by atoms with van der Waals surface area (Å²) in [7, 11) is 0. The van der Waals surface area contributed by atoms with Crippen LogP contribution in [-0.2, 0) is 9.53 Å². The number of amides is 1. The molecule has 2 saturated heterocycles. The number of morpholine rings is 1. The van der Waals surface area contributed by atoms with E-state index in [1.165, 1.54) is 24.8 Å². The third kappa shape index (κ3) is 5.80. The molecule has 138 valence electrons. The molecule has 0 aliphatic carbocycles. The highest BCUT2D eigenvalue weighted by atomic mass is 16.5. The van der Waals surface area contributed by atoms with E-state index in [-0.39, 0.29) is 11.9 Å². The van der Waals surface area contributed by atoms with Crippen molar-refractivity contribution < 1.29 is 9.53 Å². The van der Waals surface area contributed by atoms with Gasteiger partial charge in [0.2, 0.25) is 5.91 Å². The highest BCUT2D eigenvalue weighted by Gasteiger charge is 2.22. The molecule has 1 N–H and O–H groups in total. The van der Waals surface area contributed by atoms with Crippen LogP contribution in [0.1, 0.15) is 37.3 Å². The summed E-state index contributed by atoms with van der Waals surface area (Å²) in [6.07, 6.45) is 4.41. The number of benzene rings is 1. The molecule has 0 aromatic heterocycles. The van der Waals surface area contributed by atoms with Crippen molar-refractivity contribution in [1.29, 1.82) is 0 Å². The SMILES string of the molecule is O=C(CCN1CCOCC1)NCC(c1ccccc1)N1CCCCC1. The molecule has 2 aliphatic heterocycles. The van der Waals surface area contributed by atoms with Crippen molar-refractivity contribution in [1.82, 2.24) is 15.1 Å². The lowest BCUT2D eigenvalue weighted by atomic mass is 10.0. The number of hydrogen-bond donors (Lipinski definition) is 1. The summed E-state index contributed by atoms with van der Waals surface area (Å²) in [6, 6.07) is 10.9. The van der Waals surface area contributed by atoms with Crippen LogP contribution in [0, 0.1) is 0 Å².